The molecule has 1 heterocycles. The number of carbonyl (C=O) groups is 1. The Morgan fingerprint density at radius 1 is 1.50 bits per heavy atom. The molecule has 0 saturated carbocycles. The van der Waals surface area contributed by atoms with Crippen LogP contribution in [0.1, 0.15) is 17.3 Å². The summed E-state index contributed by atoms with van der Waals surface area (Å²) in [6.45, 7) is 3.42. The van der Waals surface area contributed by atoms with Gasteiger partial charge in [-0.25, -0.2) is 4.98 Å². The maximum atomic E-state index is 12.1. The molecule has 1 amide bonds. The Bertz CT molecular complexity index is 443. The van der Waals surface area contributed by atoms with Crippen molar-refractivity contribution < 1.29 is 14.3 Å². The van der Waals surface area contributed by atoms with Crippen molar-refractivity contribution in [3.63, 3.8) is 0 Å². The second-order valence-corrected chi connectivity index (χ2v) is 4.51. The van der Waals surface area contributed by atoms with Gasteiger partial charge in [-0.05, 0) is 13.0 Å². The number of rotatable bonds is 8. The zero-order chi connectivity index (χ0) is 15.0. The third-order valence-electron chi connectivity index (χ3n) is 2.63. The standard InChI is InChI=1S/C13H20ClN3O3/c1-4-15-12-5-10(11(14)7-16-12)13(18)17-6-9(20-3)8-19-2/h5,7,9H,4,6,8H2,1-3H3,(H,15,16)(H,17,18). The van der Waals surface area contributed by atoms with Crippen molar-refractivity contribution in [1.29, 1.82) is 0 Å². The third kappa shape index (κ3) is 4.96. The average molecular weight is 302 g/mol. The Morgan fingerprint density at radius 2 is 2.25 bits per heavy atom. The number of methoxy groups -OCH3 is 2. The van der Waals surface area contributed by atoms with Gasteiger partial charge in [0.1, 0.15) is 5.82 Å². The summed E-state index contributed by atoms with van der Waals surface area (Å²) in [4.78, 5) is 16.2. The first-order chi connectivity index (χ1) is 9.62. The van der Waals surface area contributed by atoms with E-state index in [9.17, 15) is 4.79 Å². The predicted octanol–water partition coefficient (Wildman–Crippen LogP) is 1.56. The molecule has 0 saturated heterocycles. The van der Waals surface area contributed by atoms with Crippen molar-refractivity contribution in [2.45, 2.75) is 13.0 Å². The zero-order valence-corrected chi connectivity index (χ0v) is 12.7. The summed E-state index contributed by atoms with van der Waals surface area (Å²) in [7, 11) is 3.15. The number of carbonyl (C=O) groups excluding carboxylic acids is 1. The lowest BCUT2D eigenvalue weighted by Crippen LogP contribution is -2.35. The third-order valence-corrected chi connectivity index (χ3v) is 2.94. The smallest absolute Gasteiger partial charge is 0.253 e. The summed E-state index contributed by atoms with van der Waals surface area (Å²) >= 11 is 5.99. The minimum atomic E-state index is -0.269. The van der Waals surface area contributed by atoms with Crippen molar-refractivity contribution in [1.82, 2.24) is 10.3 Å². The Kier molecular flexibility index (Phi) is 7.28. The maximum absolute atomic E-state index is 12.1. The molecule has 1 aromatic heterocycles. The normalized spacial score (nSPS) is 12.0. The van der Waals surface area contributed by atoms with E-state index in [1.54, 1.807) is 20.3 Å². The highest BCUT2D eigenvalue weighted by molar-refractivity contribution is 6.33. The first-order valence-corrected chi connectivity index (χ1v) is 6.69. The number of amides is 1. The van der Waals surface area contributed by atoms with Crippen LogP contribution in [0.25, 0.3) is 0 Å². The fraction of sp³-hybridized carbons (Fsp3) is 0.538. The van der Waals surface area contributed by atoms with Gasteiger partial charge in [0.2, 0.25) is 0 Å². The van der Waals surface area contributed by atoms with E-state index >= 15 is 0 Å². The number of halogens is 1. The molecule has 0 aromatic carbocycles. The minimum absolute atomic E-state index is 0.196. The van der Waals surface area contributed by atoms with E-state index < -0.39 is 0 Å². The van der Waals surface area contributed by atoms with Crippen LogP contribution in [0.5, 0.6) is 0 Å². The number of nitrogens with zero attached hydrogens (tertiary/aromatic N) is 1. The number of ether oxygens (including phenoxy) is 2. The van der Waals surface area contributed by atoms with Crippen LogP contribution in [-0.2, 0) is 9.47 Å². The molecule has 1 unspecified atom stereocenters. The molecule has 0 aliphatic heterocycles. The lowest BCUT2D eigenvalue weighted by Gasteiger charge is -2.15. The molecular weight excluding hydrogens is 282 g/mol. The SMILES string of the molecule is CCNc1cc(C(=O)NCC(COC)OC)c(Cl)cn1. The zero-order valence-electron chi connectivity index (χ0n) is 11.9. The quantitative estimate of drug-likeness (QED) is 0.762. The number of aromatic nitrogens is 1. The molecule has 1 aromatic rings. The lowest BCUT2D eigenvalue weighted by atomic mass is 10.2. The van der Waals surface area contributed by atoms with Gasteiger partial charge in [0, 0.05) is 33.5 Å². The fourth-order valence-corrected chi connectivity index (χ4v) is 1.78. The van der Waals surface area contributed by atoms with Gasteiger partial charge >= 0.3 is 0 Å². The van der Waals surface area contributed by atoms with Crippen LogP contribution in [0, 0.1) is 0 Å². The number of hydrogen-bond donors (Lipinski definition) is 2. The Morgan fingerprint density at radius 3 is 2.85 bits per heavy atom. The molecule has 0 spiro atoms. The molecule has 1 rings (SSSR count). The van der Waals surface area contributed by atoms with E-state index in [0.717, 1.165) is 6.54 Å². The first kappa shape index (κ1) is 16.7. The van der Waals surface area contributed by atoms with Gasteiger partial charge in [-0.15, -0.1) is 0 Å². The van der Waals surface area contributed by atoms with Crippen LogP contribution in [0.4, 0.5) is 5.82 Å². The monoisotopic (exact) mass is 301 g/mol. The van der Waals surface area contributed by atoms with Gasteiger partial charge < -0.3 is 20.1 Å². The molecule has 2 N–H and O–H groups in total. The molecular formula is C13H20ClN3O3. The first-order valence-electron chi connectivity index (χ1n) is 6.31. The Balaban J connectivity index is 2.68. The summed E-state index contributed by atoms with van der Waals surface area (Å²) in [6.07, 6.45) is 1.26. The van der Waals surface area contributed by atoms with Gasteiger partial charge in [-0.1, -0.05) is 11.6 Å². The Hall–Kier alpha value is -1.37. The summed E-state index contributed by atoms with van der Waals surface area (Å²) in [6, 6.07) is 1.62. The van der Waals surface area contributed by atoms with E-state index in [2.05, 4.69) is 15.6 Å². The van der Waals surface area contributed by atoms with E-state index in [0.29, 0.717) is 29.6 Å². The summed E-state index contributed by atoms with van der Waals surface area (Å²) < 4.78 is 10.2. The summed E-state index contributed by atoms with van der Waals surface area (Å²) in [5, 5.41) is 6.10. The number of pyridine rings is 1. The van der Waals surface area contributed by atoms with Crippen LogP contribution < -0.4 is 10.6 Å². The summed E-state index contributed by atoms with van der Waals surface area (Å²) in [5.74, 6) is 0.344. The molecule has 0 aliphatic carbocycles. The van der Waals surface area contributed by atoms with Crippen molar-refractivity contribution in [3.05, 3.63) is 22.8 Å². The summed E-state index contributed by atoms with van der Waals surface area (Å²) in [5.41, 5.74) is 0.380. The molecule has 0 radical (unpaired) electrons. The van der Waals surface area contributed by atoms with Crippen molar-refractivity contribution >= 4 is 23.3 Å². The molecule has 0 aliphatic rings. The minimum Gasteiger partial charge on any atom is -0.382 e. The van der Waals surface area contributed by atoms with Gasteiger partial charge in [0.05, 0.1) is 23.3 Å². The van der Waals surface area contributed by atoms with Crippen LogP contribution in [-0.4, -0.2) is 50.9 Å². The van der Waals surface area contributed by atoms with Crippen molar-refractivity contribution in [3.8, 4) is 0 Å². The molecule has 6 nitrogen and oxygen atoms in total. The lowest BCUT2D eigenvalue weighted by molar-refractivity contribution is 0.0285. The van der Waals surface area contributed by atoms with Crippen LogP contribution in [0.15, 0.2) is 12.3 Å². The molecule has 20 heavy (non-hydrogen) atoms. The van der Waals surface area contributed by atoms with Gasteiger partial charge in [0.15, 0.2) is 0 Å². The molecule has 7 heteroatoms. The van der Waals surface area contributed by atoms with Gasteiger partial charge in [-0.3, -0.25) is 4.79 Å². The molecule has 0 bridgehead atoms. The van der Waals surface area contributed by atoms with E-state index in [1.165, 1.54) is 6.20 Å². The topological polar surface area (TPSA) is 72.5 Å². The highest BCUT2D eigenvalue weighted by atomic mass is 35.5. The second-order valence-electron chi connectivity index (χ2n) is 4.10. The van der Waals surface area contributed by atoms with Gasteiger partial charge in [-0.2, -0.15) is 0 Å². The Labute approximate surface area is 123 Å². The number of nitrogens with one attached hydrogen (secondary N) is 2. The highest BCUT2D eigenvalue weighted by Crippen LogP contribution is 2.17. The molecule has 112 valence electrons. The number of anilines is 1. The highest BCUT2D eigenvalue weighted by Gasteiger charge is 2.14. The van der Waals surface area contributed by atoms with E-state index in [4.69, 9.17) is 21.1 Å². The average Bonchev–Trinajstić information content (AvgIpc) is 2.45. The second kappa shape index (κ2) is 8.73. The van der Waals surface area contributed by atoms with E-state index in [1.807, 2.05) is 6.92 Å². The number of hydrogen-bond acceptors (Lipinski definition) is 5. The van der Waals surface area contributed by atoms with Crippen LogP contribution in [0.3, 0.4) is 0 Å². The van der Waals surface area contributed by atoms with E-state index in [-0.39, 0.29) is 12.0 Å². The molecule has 1 atom stereocenters. The van der Waals surface area contributed by atoms with Crippen molar-refractivity contribution in [2.75, 3.05) is 39.2 Å². The molecule has 0 fully saturated rings. The van der Waals surface area contributed by atoms with Gasteiger partial charge in [0.25, 0.3) is 5.91 Å². The largest absolute Gasteiger partial charge is 0.382 e. The maximum Gasteiger partial charge on any atom is 0.253 e. The van der Waals surface area contributed by atoms with Crippen LogP contribution in [0.2, 0.25) is 5.02 Å². The van der Waals surface area contributed by atoms with Crippen molar-refractivity contribution in [2.24, 2.45) is 0 Å². The fourth-order valence-electron chi connectivity index (χ4n) is 1.59. The predicted molar refractivity (Wildman–Crippen MR) is 78.4 cm³/mol. The van der Waals surface area contributed by atoms with Crippen LogP contribution >= 0.6 is 11.6 Å².